The third kappa shape index (κ3) is 2.62. The number of nitrogens with zero attached hydrogens (tertiary/aromatic N) is 1. The van der Waals surface area contributed by atoms with Crippen molar-refractivity contribution < 1.29 is 4.79 Å². The van der Waals surface area contributed by atoms with E-state index in [0.717, 1.165) is 28.2 Å². The van der Waals surface area contributed by atoms with Gasteiger partial charge in [0.15, 0.2) is 0 Å². The zero-order valence-electron chi connectivity index (χ0n) is 12.8. The lowest BCUT2D eigenvalue weighted by molar-refractivity contribution is 0.102. The molecule has 1 N–H and O–H groups in total. The SMILES string of the molecule is Cc1cc(C(=O)Nc2ccccc2C(C)C)c(C)n1C. The van der Waals surface area contributed by atoms with Crippen LogP contribution in [0.25, 0.3) is 0 Å². The van der Waals surface area contributed by atoms with Crippen molar-refractivity contribution >= 4 is 11.6 Å². The molecule has 106 valence electrons. The number of amides is 1. The monoisotopic (exact) mass is 270 g/mol. The Morgan fingerprint density at radius 3 is 2.40 bits per heavy atom. The maximum absolute atomic E-state index is 12.5. The van der Waals surface area contributed by atoms with Crippen LogP contribution in [0.2, 0.25) is 0 Å². The van der Waals surface area contributed by atoms with E-state index >= 15 is 0 Å². The Hall–Kier alpha value is -2.03. The Kier molecular flexibility index (Phi) is 3.98. The van der Waals surface area contributed by atoms with E-state index in [-0.39, 0.29) is 5.91 Å². The van der Waals surface area contributed by atoms with Crippen LogP contribution in [0.15, 0.2) is 30.3 Å². The first-order valence-electron chi connectivity index (χ1n) is 6.95. The zero-order chi connectivity index (χ0) is 14.9. The number of hydrogen-bond donors (Lipinski definition) is 1. The maximum atomic E-state index is 12.5. The number of para-hydroxylation sites is 1. The van der Waals surface area contributed by atoms with E-state index in [2.05, 4.69) is 25.2 Å². The number of aromatic nitrogens is 1. The maximum Gasteiger partial charge on any atom is 0.257 e. The molecule has 0 aliphatic heterocycles. The van der Waals surface area contributed by atoms with Crippen molar-refractivity contribution in [2.24, 2.45) is 7.05 Å². The molecule has 0 fully saturated rings. The Labute approximate surface area is 120 Å². The van der Waals surface area contributed by atoms with Crippen LogP contribution in [-0.4, -0.2) is 10.5 Å². The van der Waals surface area contributed by atoms with Crippen LogP contribution >= 0.6 is 0 Å². The average molecular weight is 270 g/mol. The number of benzene rings is 1. The van der Waals surface area contributed by atoms with E-state index in [1.807, 2.05) is 49.7 Å². The predicted octanol–water partition coefficient (Wildman–Crippen LogP) is 4.02. The van der Waals surface area contributed by atoms with Crippen LogP contribution in [0.3, 0.4) is 0 Å². The Morgan fingerprint density at radius 2 is 1.85 bits per heavy atom. The number of carbonyl (C=O) groups is 1. The molecular formula is C17H22N2O. The Morgan fingerprint density at radius 1 is 1.20 bits per heavy atom. The van der Waals surface area contributed by atoms with Crippen LogP contribution in [0.5, 0.6) is 0 Å². The standard InChI is InChI=1S/C17H22N2O/c1-11(2)14-8-6-7-9-16(14)18-17(20)15-10-12(3)19(5)13(15)4/h6-11H,1-5H3,(H,18,20). The van der Waals surface area contributed by atoms with Crippen LogP contribution < -0.4 is 5.32 Å². The summed E-state index contributed by atoms with van der Waals surface area (Å²) in [6, 6.07) is 9.90. The second kappa shape index (κ2) is 5.53. The minimum atomic E-state index is -0.0423. The van der Waals surface area contributed by atoms with Gasteiger partial charge in [-0.1, -0.05) is 32.0 Å². The summed E-state index contributed by atoms with van der Waals surface area (Å²) in [5.74, 6) is 0.337. The second-order valence-corrected chi connectivity index (χ2v) is 5.54. The average Bonchev–Trinajstić information content (AvgIpc) is 2.67. The van der Waals surface area contributed by atoms with Crippen LogP contribution in [0, 0.1) is 13.8 Å². The van der Waals surface area contributed by atoms with Gasteiger partial charge in [0.05, 0.1) is 5.56 Å². The first-order valence-corrected chi connectivity index (χ1v) is 6.95. The molecule has 0 atom stereocenters. The molecule has 2 rings (SSSR count). The predicted molar refractivity (Wildman–Crippen MR) is 83.4 cm³/mol. The summed E-state index contributed by atoms with van der Waals surface area (Å²) >= 11 is 0. The fourth-order valence-corrected chi connectivity index (χ4v) is 2.39. The van der Waals surface area contributed by atoms with Crippen molar-refractivity contribution in [3.05, 3.63) is 52.8 Å². The molecule has 1 heterocycles. The van der Waals surface area contributed by atoms with Gasteiger partial charge in [0.25, 0.3) is 5.91 Å². The number of hydrogen-bond acceptors (Lipinski definition) is 1. The van der Waals surface area contributed by atoms with Gasteiger partial charge in [-0.15, -0.1) is 0 Å². The first-order chi connectivity index (χ1) is 9.41. The Balaban J connectivity index is 2.31. The highest BCUT2D eigenvalue weighted by molar-refractivity contribution is 6.05. The second-order valence-electron chi connectivity index (χ2n) is 5.54. The van der Waals surface area contributed by atoms with Gasteiger partial charge < -0.3 is 9.88 Å². The normalized spacial score (nSPS) is 10.9. The summed E-state index contributed by atoms with van der Waals surface area (Å²) in [4.78, 5) is 12.5. The van der Waals surface area contributed by atoms with Crippen molar-refractivity contribution in [3.8, 4) is 0 Å². The van der Waals surface area contributed by atoms with Crippen molar-refractivity contribution in [1.29, 1.82) is 0 Å². The lowest BCUT2D eigenvalue weighted by Gasteiger charge is -2.13. The largest absolute Gasteiger partial charge is 0.351 e. The number of anilines is 1. The van der Waals surface area contributed by atoms with Gasteiger partial charge in [0.1, 0.15) is 0 Å². The molecule has 0 spiro atoms. The molecule has 0 saturated heterocycles. The topological polar surface area (TPSA) is 34.0 Å². The highest BCUT2D eigenvalue weighted by Crippen LogP contribution is 2.24. The lowest BCUT2D eigenvalue weighted by Crippen LogP contribution is -2.14. The number of aryl methyl sites for hydroxylation is 1. The van der Waals surface area contributed by atoms with Gasteiger partial charge in [0, 0.05) is 24.1 Å². The molecule has 0 radical (unpaired) electrons. The van der Waals surface area contributed by atoms with E-state index in [1.54, 1.807) is 0 Å². The van der Waals surface area contributed by atoms with Crippen molar-refractivity contribution in [1.82, 2.24) is 4.57 Å². The zero-order valence-corrected chi connectivity index (χ0v) is 12.8. The van der Waals surface area contributed by atoms with E-state index < -0.39 is 0 Å². The van der Waals surface area contributed by atoms with E-state index in [4.69, 9.17) is 0 Å². The molecular weight excluding hydrogens is 248 g/mol. The molecule has 0 aliphatic rings. The minimum Gasteiger partial charge on any atom is -0.351 e. The first kappa shape index (κ1) is 14.4. The van der Waals surface area contributed by atoms with Gasteiger partial charge in [-0.2, -0.15) is 0 Å². The quantitative estimate of drug-likeness (QED) is 0.898. The molecule has 1 aromatic heterocycles. The van der Waals surface area contributed by atoms with E-state index in [1.165, 1.54) is 0 Å². The van der Waals surface area contributed by atoms with E-state index in [9.17, 15) is 4.79 Å². The van der Waals surface area contributed by atoms with Gasteiger partial charge in [-0.05, 0) is 37.5 Å². The smallest absolute Gasteiger partial charge is 0.257 e. The number of carbonyl (C=O) groups excluding carboxylic acids is 1. The number of nitrogens with one attached hydrogen (secondary N) is 1. The summed E-state index contributed by atoms with van der Waals surface area (Å²) in [6.45, 7) is 8.23. The highest BCUT2D eigenvalue weighted by Gasteiger charge is 2.15. The van der Waals surface area contributed by atoms with Crippen LogP contribution in [0.1, 0.15) is 47.1 Å². The minimum absolute atomic E-state index is 0.0423. The Bertz CT molecular complexity index is 638. The van der Waals surface area contributed by atoms with Crippen molar-refractivity contribution in [2.45, 2.75) is 33.6 Å². The molecule has 3 heteroatoms. The molecule has 1 amide bonds. The highest BCUT2D eigenvalue weighted by atomic mass is 16.1. The van der Waals surface area contributed by atoms with Gasteiger partial charge >= 0.3 is 0 Å². The van der Waals surface area contributed by atoms with Gasteiger partial charge in [0.2, 0.25) is 0 Å². The fourth-order valence-electron chi connectivity index (χ4n) is 2.39. The van der Waals surface area contributed by atoms with Crippen molar-refractivity contribution in [2.75, 3.05) is 5.32 Å². The summed E-state index contributed by atoms with van der Waals surface area (Å²) in [5, 5.41) is 3.04. The summed E-state index contributed by atoms with van der Waals surface area (Å²) in [5.41, 5.74) is 4.87. The van der Waals surface area contributed by atoms with Crippen molar-refractivity contribution in [3.63, 3.8) is 0 Å². The molecule has 0 aliphatic carbocycles. The molecule has 20 heavy (non-hydrogen) atoms. The number of rotatable bonds is 3. The fraction of sp³-hybridized carbons (Fsp3) is 0.353. The van der Waals surface area contributed by atoms with Gasteiger partial charge in [-0.25, -0.2) is 0 Å². The van der Waals surface area contributed by atoms with E-state index in [0.29, 0.717) is 5.92 Å². The molecule has 0 unspecified atom stereocenters. The molecule has 1 aromatic carbocycles. The molecule has 0 bridgehead atoms. The molecule has 0 saturated carbocycles. The third-order valence-corrected chi connectivity index (χ3v) is 3.85. The lowest BCUT2D eigenvalue weighted by atomic mass is 10.0. The molecule has 2 aromatic rings. The summed E-state index contributed by atoms with van der Waals surface area (Å²) < 4.78 is 2.03. The molecule has 3 nitrogen and oxygen atoms in total. The summed E-state index contributed by atoms with van der Waals surface area (Å²) in [6.07, 6.45) is 0. The summed E-state index contributed by atoms with van der Waals surface area (Å²) in [7, 11) is 1.98. The van der Waals surface area contributed by atoms with Gasteiger partial charge in [-0.3, -0.25) is 4.79 Å². The third-order valence-electron chi connectivity index (χ3n) is 3.85. The van der Waals surface area contributed by atoms with Crippen LogP contribution in [0.4, 0.5) is 5.69 Å². The van der Waals surface area contributed by atoms with Crippen LogP contribution in [-0.2, 0) is 7.05 Å².